The summed E-state index contributed by atoms with van der Waals surface area (Å²) in [4.78, 5) is 13.8. The van der Waals surface area contributed by atoms with E-state index < -0.39 is 0 Å². The van der Waals surface area contributed by atoms with Crippen LogP contribution in [0.25, 0.3) is 0 Å². The van der Waals surface area contributed by atoms with Gasteiger partial charge < -0.3 is 5.32 Å². The first kappa shape index (κ1) is 19.2. The Bertz CT molecular complexity index is 883. The smallest absolute Gasteiger partial charge is 0.251 e. The van der Waals surface area contributed by atoms with Gasteiger partial charge in [0, 0.05) is 16.2 Å². The van der Waals surface area contributed by atoms with Crippen molar-refractivity contribution in [3.8, 4) is 0 Å². The maximum atomic E-state index is 12.5. The zero-order valence-electron chi connectivity index (χ0n) is 16.0. The minimum absolute atomic E-state index is 0.0186. The summed E-state index contributed by atoms with van der Waals surface area (Å²) >= 11 is 1.80. The second-order valence-corrected chi connectivity index (χ2v) is 7.95. The average Bonchev–Trinajstić information content (AvgIpc) is 2.68. The molecule has 0 radical (unpaired) electrons. The lowest BCUT2D eigenvalue weighted by molar-refractivity contribution is 0.0940. The molecule has 27 heavy (non-hydrogen) atoms. The van der Waals surface area contributed by atoms with Gasteiger partial charge in [-0.15, -0.1) is 11.8 Å². The van der Waals surface area contributed by atoms with E-state index in [0.29, 0.717) is 5.56 Å². The Morgan fingerprint density at radius 2 is 1.41 bits per heavy atom. The Hall–Kier alpha value is -2.52. The fourth-order valence-corrected chi connectivity index (χ4v) is 3.63. The zero-order valence-corrected chi connectivity index (χ0v) is 16.8. The fourth-order valence-electron chi connectivity index (χ4n) is 2.77. The van der Waals surface area contributed by atoms with E-state index in [4.69, 9.17) is 0 Å². The Labute approximate surface area is 166 Å². The topological polar surface area (TPSA) is 29.1 Å². The molecule has 0 unspecified atom stereocenters. The van der Waals surface area contributed by atoms with Gasteiger partial charge in [-0.2, -0.15) is 0 Å². The largest absolute Gasteiger partial charge is 0.346 e. The van der Waals surface area contributed by atoms with E-state index in [0.717, 1.165) is 11.3 Å². The van der Waals surface area contributed by atoms with Crippen LogP contribution in [0.2, 0.25) is 0 Å². The van der Waals surface area contributed by atoms with Crippen molar-refractivity contribution in [2.24, 2.45) is 0 Å². The van der Waals surface area contributed by atoms with E-state index in [1.165, 1.54) is 21.6 Å². The lowest BCUT2D eigenvalue weighted by atomic mass is 10.1. The lowest BCUT2D eigenvalue weighted by Gasteiger charge is -2.15. The van der Waals surface area contributed by atoms with Crippen LogP contribution in [-0.4, -0.2) is 5.91 Å². The lowest BCUT2D eigenvalue weighted by Crippen LogP contribution is -2.26. The van der Waals surface area contributed by atoms with Crippen molar-refractivity contribution in [1.82, 2.24) is 5.32 Å². The van der Waals surface area contributed by atoms with E-state index in [2.05, 4.69) is 67.7 Å². The molecule has 3 aromatic rings. The van der Waals surface area contributed by atoms with Crippen molar-refractivity contribution in [3.05, 3.63) is 101 Å². The van der Waals surface area contributed by atoms with Gasteiger partial charge in [0.25, 0.3) is 5.91 Å². The van der Waals surface area contributed by atoms with Gasteiger partial charge >= 0.3 is 0 Å². The van der Waals surface area contributed by atoms with Gasteiger partial charge in [0.2, 0.25) is 0 Å². The van der Waals surface area contributed by atoms with Crippen molar-refractivity contribution in [3.63, 3.8) is 0 Å². The minimum Gasteiger partial charge on any atom is -0.346 e. The molecule has 0 bridgehead atoms. The van der Waals surface area contributed by atoms with Crippen LogP contribution < -0.4 is 5.32 Å². The third-order valence-corrected chi connectivity index (χ3v) is 5.65. The molecule has 0 spiro atoms. The van der Waals surface area contributed by atoms with Crippen molar-refractivity contribution < 1.29 is 4.79 Å². The Kier molecular flexibility index (Phi) is 6.36. The summed E-state index contributed by atoms with van der Waals surface area (Å²) < 4.78 is 0. The Balaban J connectivity index is 1.56. The van der Waals surface area contributed by atoms with E-state index in [9.17, 15) is 4.79 Å². The molecule has 1 amide bonds. The van der Waals surface area contributed by atoms with Crippen molar-refractivity contribution in [2.45, 2.75) is 37.5 Å². The molecule has 3 heteroatoms. The number of aryl methyl sites for hydroxylation is 2. The number of amides is 1. The van der Waals surface area contributed by atoms with Gasteiger partial charge in [-0.1, -0.05) is 59.7 Å². The first-order valence-electron chi connectivity index (χ1n) is 9.17. The zero-order chi connectivity index (χ0) is 19.2. The third-order valence-electron chi connectivity index (χ3n) is 4.57. The molecule has 3 aromatic carbocycles. The molecule has 0 saturated heterocycles. The molecule has 0 aliphatic carbocycles. The van der Waals surface area contributed by atoms with Crippen LogP contribution in [0.15, 0.2) is 77.7 Å². The summed E-state index contributed by atoms with van der Waals surface area (Å²) in [6, 6.07) is 24.7. The maximum absolute atomic E-state index is 12.5. The predicted octanol–water partition coefficient (Wildman–Crippen LogP) is 6.09. The van der Waals surface area contributed by atoms with Crippen LogP contribution >= 0.6 is 11.8 Å². The molecule has 0 fully saturated rings. The molecule has 0 aliphatic rings. The van der Waals surface area contributed by atoms with Crippen LogP contribution in [0.4, 0.5) is 0 Å². The summed E-state index contributed by atoms with van der Waals surface area (Å²) in [6.45, 7) is 6.17. The summed E-state index contributed by atoms with van der Waals surface area (Å²) in [5.41, 5.74) is 5.51. The summed E-state index contributed by atoms with van der Waals surface area (Å²) in [7, 11) is 0. The molecule has 0 heterocycles. The number of benzene rings is 3. The molecular weight excluding hydrogens is 350 g/mol. The SMILES string of the molecule is Cc1ccc(SCc2ccc(C(=O)N[C@@H](C)c3ccc(C)cc3)cc2)cc1. The molecule has 3 rings (SSSR count). The molecule has 2 nitrogen and oxygen atoms in total. The van der Waals surface area contributed by atoms with Gasteiger partial charge in [-0.05, 0) is 56.2 Å². The number of carbonyl (C=O) groups excluding carboxylic acids is 1. The molecule has 0 saturated carbocycles. The van der Waals surface area contributed by atoms with E-state index in [1.54, 1.807) is 11.8 Å². The second kappa shape index (κ2) is 8.92. The highest BCUT2D eigenvalue weighted by Gasteiger charge is 2.11. The van der Waals surface area contributed by atoms with Gasteiger partial charge in [0.05, 0.1) is 6.04 Å². The normalized spacial score (nSPS) is 11.8. The minimum atomic E-state index is -0.0409. The highest BCUT2D eigenvalue weighted by Crippen LogP contribution is 2.23. The molecular formula is C24H25NOS. The highest BCUT2D eigenvalue weighted by molar-refractivity contribution is 7.98. The number of hydrogen-bond acceptors (Lipinski definition) is 2. The highest BCUT2D eigenvalue weighted by atomic mass is 32.2. The third kappa shape index (κ3) is 5.48. The van der Waals surface area contributed by atoms with Gasteiger partial charge in [-0.25, -0.2) is 0 Å². The van der Waals surface area contributed by atoms with Crippen molar-refractivity contribution >= 4 is 17.7 Å². The molecule has 138 valence electrons. The molecule has 1 atom stereocenters. The van der Waals surface area contributed by atoms with Crippen LogP contribution in [0.1, 0.15) is 45.6 Å². The second-order valence-electron chi connectivity index (χ2n) is 6.90. The molecule has 0 aliphatic heterocycles. The van der Waals surface area contributed by atoms with Crippen LogP contribution in [0.3, 0.4) is 0 Å². The van der Waals surface area contributed by atoms with Gasteiger partial charge in [0.1, 0.15) is 0 Å². The molecule has 1 N–H and O–H groups in total. The van der Waals surface area contributed by atoms with Crippen LogP contribution in [0.5, 0.6) is 0 Å². The fraction of sp³-hybridized carbons (Fsp3) is 0.208. The summed E-state index contributed by atoms with van der Waals surface area (Å²) in [6.07, 6.45) is 0. The first-order chi connectivity index (χ1) is 13.0. The Morgan fingerprint density at radius 3 is 2.00 bits per heavy atom. The van der Waals surface area contributed by atoms with Crippen molar-refractivity contribution in [2.75, 3.05) is 0 Å². The van der Waals surface area contributed by atoms with E-state index in [-0.39, 0.29) is 11.9 Å². The average molecular weight is 376 g/mol. The van der Waals surface area contributed by atoms with E-state index >= 15 is 0 Å². The summed E-state index contributed by atoms with van der Waals surface area (Å²) in [5, 5.41) is 3.07. The maximum Gasteiger partial charge on any atom is 0.251 e. The summed E-state index contributed by atoms with van der Waals surface area (Å²) in [5.74, 6) is 0.853. The van der Waals surface area contributed by atoms with Crippen molar-refractivity contribution in [1.29, 1.82) is 0 Å². The monoisotopic (exact) mass is 375 g/mol. The van der Waals surface area contributed by atoms with Gasteiger partial charge in [0.15, 0.2) is 0 Å². The predicted molar refractivity (Wildman–Crippen MR) is 114 cm³/mol. The number of rotatable bonds is 6. The van der Waals surface area contributed by atoms with Crippen LogP contribution in [0, 0.1) is 13.8 Å². The van der Waals surface area contributed by atoms with Crippen LogP contribution in [-0.2, 0) is 5.75 Å². The van der Waals surface area contributed by atoms with Gasteiger partial charge in [-0.3, -0.25) is 4.79 Å². The Morgan fingerprint density at radius 1 is 0.852 bits per heavy atom. The molecule has 0 aromatic heterocycles. The number of thioether (sulfide) groups is 1. The standard InChI is InChI=1S/C24H25NOS/c1-17-4-10-21(11-5-17)19(3)25-24(26)22-12-8-20(9-13-22)16-27-23-14-6-18(2)7-15-23/h4-15,19H,16H2,1-3H3,(H,25,26)/t19-/m0/s1. The number of nitrogens with one attached hydrogen (secondary N) is 1. The number of hydrogen-bond donors (Lipinski definition) is 1. The van der Waals surface area contributed by atoms with E-state index in [1.807, 2.05) is 31.2 Å². The first-order valence-corrected chi connectivity index (χ1v) is 10.2. The quantitative estimate of drug-likeness (QED) is 0.528. The number of carbonyl (C=O) groups is 1.